The molecular formula is C21H28N2O3S. The van der Waals surface area contributed by atoms with E-state index in [1.807, 2.05) is 24.3 Å². The molecule has 0 saturated heterocycles. The van der Waals surface area contributed by atoms with Gasteiger partial charge in [-0.1, -0.05) is 37.3 Å². The third-order valence-corrected chi connectivity index (χ3v) is 5.76. The summed E-state index contributed by atoms with van der Waals surface area (Å²) >= 11 is 0. The van der Waals surface area contributed by atoms with Crippen LogP contribution in [0.1, 0.15) is 45.2 Å². The Labute approximate surface area is 162 Å². The van der Waals surface area contributed by atoms with Crippen molar-refractivity contribution in [2.45, 2.75) is 57.4 Å². The van der Waals surface area contributed by atoms with Crippen molar-refractivity contribution >= 4 is 21.6 Å². The normalized spacial score (nSPS) is 12.0. The molecule has 2 aromatic carbocycles. The Morgan fingerprint density at radius 3 is 2.22 bits per heavy atom. The summed E-state index contributed by atoms with van der Waals surface area (Å²) in [5.41, 5.74) is 2.33. The van der Waals surface area contributed by atoms with Crippen molar-refractivity contribution in [3.63, 3.8) is 0 Å². The highest BCUT2D eigenvalue weighted by atomic mass is 32.2. The predicted octanol–water partition coefficient (Wildman–Crippen LogP) is 3.90. The second kappa shape index (κ2) is 8.67. The number of amides is 1. The number of carbonyl (C=O) groups is 1. The van der Waals surface area contributed by atoms with Crippen molar-refractivity contribution in [3.05, 3.63) is 59.7 Å². The van der Waals surface area contributed by atoms with E-state index < -0.39 is 15.6 Å². The number of benzene rings is 2. The molecule has 0 atom stereocenters. The molecule has 0 saturated carbocycles. The van der Waals surface area contributed by atoms with Gasteiger partial charge >= 0.3 is 0 Å². The number of nitrogens with one attached hydrogen (secondary N) is 2. The molecular weight excluding hydrogens is 360 g/mol. The van der Waals surface area contributed by atoms with Gasteiger partial charge in [-0.3, -0.25) is 4.79 Å². The zero-order valence-corrected chi connectivity index (χ0v) is 17.2. The summed E-state index contributed by atoms with van der Waals surface area (Å²) in [7, 11) is -3.54. The maximum absolute atomic E-state index is 12.3. The van der Waals surface area contributed by atoms with E-state index >= 15 is 0 Å². The highest BCUT2D eigenvalue weighted by Gasteiger charge is 2.21. The van der Waals surface area contributed by atoms with Crippen LogP contribution >= 0.6 is 0 Å². The quantitative estimate of drug-likeness (QED) is 0.755. The van der Waals surface area contributed by atoms with E-state index in [-0.39, 0.29) is 10.8 Å². The van der Waals surface area contributed by atoms with Gasteiger partial charge in [-0.25, -0.2) is 13.1 Å². The number of sulfonamides is 1. The molecule has 0 spiro atoms. The minimum Gasteiger partial charge on any atom is -0.326 e. The van der Waals surface area contributed by atoms with E-state index in [1.54, 1.807) is 45.0 Å². The number of carbonyl (C=O) groups excluding carboxylic acids is 1. The number of hydrogen-bond donors (Lipinski definition) is 2. The first-order valence-electron chi connectivity index (χ1n) is 9.11. The Balaban J connectivity index is 1.96. The lowest BCUT2D eigenvalue weighted by atomic mass is 10.1. The fourth-order valence-electron chi connectivity index (χ4n) is 2.72. The van der Waals surface area contributed by atoms with Crippen molar-refractivity contribution in [1.82, 2.24) is 4.72 Å². The van der Waals surface area contributed by atoms with Crippen LogP contribution in [-0.2, 0) is 27.7 Å². The van der Waals surface area contributed by atoms with Crippen LogP contribution in [0.25, 0.3) is 0 Å². The summed E-state index contributed by atoms with van der Waals surface area (Å²) in [6.07, 6.45) is 1.74. The largest absolute Gasteiger partial charge is 0.326 e. The van der Waals surface area contributed by atoms with E-state index in [0.717, 1.165) is 23.2 Å². The predicted molar refractivity (Wildman–Crippen MR) is 109 cm³/mol. The molecule has 0 aliphatic rings. The second-order valence-corrected chi connectivity index (χ2v) is 9.24. The van der Waals surface area contributed by atoms with Crippen molar-refractivity contribution in [3.8, 4) is 0 Å². The molecule has 0 radical (unpaired) electrons. The second-order valence-electron chi connectivity index (χ2n) is 7.56. The standard InChI is InChI=1S/C21H28N2O3S/c1-5-17-8-6-7-9-19(17)22-20(24)15-12-16-10-13-18(14-11-16)27(25,26)23-21(2,3)4/h6-11,13-14,23H,5,12,15H2,1-4H3,(H,22,24). The molecule has 0 fully saturated rings. The van der Waals surface area contributed by atoms with Gasteiger partial charge in [0.25, 0.3) is 0 Å². The third kappa shape index (κ3) is 6.48. The van der Waals surface area contributed by atoms with Crippen LogP contribution in [0.15, 0.2) is 53.4 Å². The van der Waals surface area contributed by atoms with Crippen LogP contribution in [0.5, 0.6) is 0 Å². The zero-order chi connectivity index (χ0) is 20.1. The average Bonchev–Trinajstić information content (AvgIpc) is 2.59. The molecule has 0 heterocycles. The van der Waals surface area contributed by atoms with Gasteiger partial charge < -0.3 is 5.32 Å². The Hall–Kier alpha value is -2.18. The number of anilines is 1. The summed E-state index contributed by atoms with van der Waals surface area (Å²) < 4.78 is 27.3. The summed E-state index contributed by atoms with van der Waals surface area (Å²) in [5.74, 6) is -0.0537. The molecule has 6 heteroatoms. The third-order valence-electron chi connectivity index (χ3n) is 3.99. The van der Waals surface area contributed by atoms with E-state index in [1.165, 1.54) is 0 Å². The SMILES string of the molecule is CCc1ccccc1NC(=O)CCc1ccc(S(=O)(=O)NC(C)(C)C)cc1. The molecule has 2 N–H and O–H groups in total. The minimum atomic E-state index is -3.54. The zero-order valence-electron chi connectivity index (χ0n) is 16.4. The first kappa shape index (κ1) is 21.1. The van der Waals surface area contributed by atoms with Gasteiger partial charge in [0.2, 0.25) is 15.9 Å². The Bertz CT molecular complexity index is 882. The fourth-order valence-corrected chi connectivity index (χ4v) is 4.14. The molecule has 2 rings (SSSR count). The van der Waals surface area contributed by atoms with Crippen molar-refractivity contribution < 1.29 is 13.2 Å². The molecule has 0 bridgehead atoms. The van der Waals surface area contributed by atoms with Crippen LogP contribution in [0.4, 0.5) is 5.69 Å². The van der Waals surface area contributed by atoms with Crippen LogP contribution in [0.3, 0.4) is 0 Å². The lowest BCUT2D eigenvalue weighted by Crippen LogP contribution is -2.40. The maximum atomic E-state index is 12.3. The van der Waals surface area contributed by atoms with Gasteiger partial charge in [0, 0.05) is 17.6 Å². The number of aryl methyl sites for hydroxylation is 2. The summed E-state index contributed by atoms with van der Waals surface area (Å²) in [5, 5.41) is 2.95. The summed E-state index contributed by atoms with van der Waals surface area (Å²) in [6.45, 7) is 7.45. The fraction of sp³-hybridized carbons (Fsp3) is 0.381. The van der Waals surface area contributed by atoms with Crippen LogP contribution in [-0.4, -0.2) is 19.9 Å². The monoisotopic (exact) mass is 388 g/mol. The Kier molecular flexibility index (Phi) is 6.78. The van der Waals surface area contributed by atoms with Crippen molar-refractivity contribution in [1.29, 1.82) is 0 Å². The van der Waals surface area contributed by atoms with Crippen LogP contribution in [0.2, 0.25) is 0 Å². The highest BCUT2D eigenvalue weighted by Crippen LogP contribution is 2.17. The topological polar surface area (TPSA) is 75.3 Å². The molecule has 0 aliphatic heterocycles. The number of para-hydroxylation sites is 1. The average molecular weight is 389 g/mol. The van der Waals surface area contributed by atoms with Crippen LogP contribution in [0, 0.1) is 0 Å². The number of rotatable bonds is 7. The van der Waals surface area contributed by atoms with E-state index in [2.05, 4.69) is 17.0 Å². The molecule has 0 aliphatic carbocycles. The first-order chi connectivity index (χ1) is 12.6. The van der Waals surface area contributed by atoms with Gasteiger partial charge in [0.1, 0.15) is 0 Å². The molecule has 0 unspecified atom stereocenters. The molecule has 2 aromatic rings. The van der Waals surface area contributed by atoms with Crippen LogP contribution < -0.4 is 10.0 Å². The van der Waals surface area contributed by atoms with Crippen molar-refractivity contribution in [2.24, 2.45) is 0 Å². The van der Waals surface area contributed by atoms with Gasteiger partial charge in [-0.2, -0.15) is 0 Å². The van der Waals surface area contributed by atoms with E-state index in [0.29, 0.717) is 12.8 Å². The van der Waals surface area contributed by atoms with Gasteiger partial charge in [0.15, 0.2) is 0 Å². The molecule has 5 nitrogen and oxygen atoms in total. The lowest BCUT2D eigenvalue weighted by Gasteiger charge is -2.20. The van der Waals surface area contributed by atoms with Gasteiger partial charge in [-0.15, -0.1) is 0 Å². The van der Waals surface area contributed by atoms with E-state index in [9.17, 15) is 13.2 Å². The number of hydrogen-bond acceptors (Lipinski definition) is 3. The Morgan fingerprint density at radius 2 is 1.63 bits per heavy atom. The molecule has 146 valence electrons. The molecule has 27 heavy (non-hydrogen) atoms. The Morgan fingerprint density at radius 1 is 1.00 bits per heavy atom. The van der Waals surface area contributed by atoms with Gasteiger partial charge in [0.05, 0.1) is 4.90 Å². The van der Waals surface area contributed by atoms with Crippen molar-refractivity contribution in [2.75, 3.05) is 5.32 Å². The van der Waals surface area contributed by atoms with E-state index in [4.69, 9.17) is 0 Å². The summed E-state index contributed by atoms with van der Waals surface area (Å²) in [4.78, 5) is 12.4. The maximum Gasteiger partial charge on any atom is 0.241 e. The smallest absolute Gasteiger partial charge is 0.241 e. The molecule has 0 aromatic heterocycles. The first-order valence-corrected chi connectivity index (χ1v) is 10.6. The van der Waals surface area contributed by atoms with Gasteiger partial charge in [-0.05, 0) is 62.9 Å². The minimum absolute atomic E-state index is 0.0537. The molecule has 1 amide bonds. The summed E-state index contributed by atoms with van der Waals surface area (Å²) in [6, 6.07) is 14.4. The highest BCUT2D eigenvalue weighted by molar-refractivity contribution is 7.89. The lowest BCUT2D eigenvalue weighted by molar-refractivity contribution is -0.116.